The number of nitrogens with one attached hydrogen (secondary N) is 1. The maximum Gasteiger partial charge on any atom is 0.241 e. The molecule has 2 heterocycles. The van der Waals surface area contributed by atoms with E-state index in [0.29, 0.717) is 37.3 Å². The van der Waals surface area contributed by atoms with Crippen molar-refractivity contribution >= 4 is 10.0 Å². The normalized spacial score (nSPS) is 20.9. The fourth-order valence-corrected chi connectivity index (χ4v) is 5.28. The molecular formula is C23H27FN4O5S. The van der Waals surface area contributed by atoms with Gasteiger partial charge in [0.05, 0.1) is 43.1 Å². The molecule has 182 valence electrons. The molecule has 0 bridgehead atoms. The highest BCUT2D eigenvalue weighted by molar-refractivity contribution is 7.89. The summed E-state index contributed by atoms with van der Waals surface area (Å²) >= 11 is 0. The second-order valence-corrected chi connectivity index (χ2v) is 9.84. The third-order valence-corrected chi connectivity index (χ3v) is 7.30. The number of methoxy groups -OCH3 is 1. The van der Waals surface area contributed by atoms with E-state index < -0.39 is 22.2 Å². The van der Waals surface area contributed by atoms with Crippen molar-refractivity contribution in [1.29, 1.82) is 0 Å². The Balaban J connectivity index is 1.33. The Kier molecular flexibility index (Phi) is 7.57. The van der Waals surface area contributed by atoms with Gasteiger partial charge in [-0.3, -0.25) is 4.68 Å². The van der Waals surface area contributed by atoms with Gasteiger partial charge in [0, 0.05) is 18.2 Å². The van der Waals surface area contributed by atoms with Crippen LogP contribution in [0.3, 0.4) is 0 Å². The molecule has 0 saturated carbocycles. The summed E-state index contributed by atoms with van der Waals surface area (Å²) in [5, 5.41) is 18.1. The molecule has 1 fully saturated rings. The van der Waals surface area contributed by atoms with Gasteiger partial charge in [-0.2, -0.15) is 0 Å². The van der Waals surface area contributed by atoms with Crippen LogP contribution in [0.15, 0.2) is 59.6 Å². The summed E-state index contributed by atoms with van der Waals surface area (Å²) in [5.74, 6) is 0.130. The van der Waals surface area contributed by atoms with Crippen molar-refractivity contribution < 1.29 is 27.4 Å². The Hall–Kier alpha value is -2.86. The van der Waals surface area contributed by atoms with Gasteiger partial charge in [0.15, 0.2) is 0 Å². The fourth-order valence-electron chi connectivity index (χ4n) is 3.95. The molecular weight excluding hydrogens is 463 g/mol. The second kappa shape index (κ2) is 10.6. The van der Waals surface area contributed by atoms with E-state index in [4.69, 9.17) is 9.47 Å². The molecule has 1 aliphatic heterocycles. The zero-order valence-electron chi connectivity index (χ0n) is 18.7. The highest BCUT2D eigenvalue weighted by Crippen LogP contribution is 2.25. The average molecular weight is 491 g/mol. The van der Waals surface area contributed by atoms with Crippen molar-refractivity contribution in [2.24, 2.45) is 0 Å². The largest absolute Gasteiger partial charge is 0.497 e. The van der Waals surface area contributed by atoms with Crippen LogP contribution >= 0.6 is 0 Å². The van der Waals surface area contributed by atoms with E-state index >= 15 is 0 Å². The van der Waals surface area contributed by atoms with Gasteiger partial charge in [-0.05, 0) is 55.7 Å². The third kappa shape index (κ3) is 5.79. The SMILES string of the molecule is COc1cccc(S(=O)(=O)N[C@@H]2CC[C@H](CCn3cc(-c4ccc(F)cc4)nn3)O[C@H]2CO)c1. The van der Waals surface area contributed by atoms with Crippen molar-refractivity contribution in [3.8, 4) is 17.0 Å². The number of nitrogens with zero attached hydrogens (tertiary/aromatic N) is 3. The van der Waals surface area contributed by atoms with Crippen molar-refractivity contribution in [3.63, 3.8) is 0 Å². The molecule has 1 aromatic heterocycles. The first kappa shape index (κ1) is 24.3. The Morgan fingerprint density at radius 3 is 2.76 bits per heavy atom. The van der Waals surface area contributed by atoms with Crippen LogP contribution in [-0.2, 0) is 21.3 Å². The zero-order chi connectivity index (χ0) is 24.1. The number of hydrogen-bond donors (Lipinski definition) is 2. The van der Waals surface area contributed by atoms with E-state index in [1.165, 1.54) is 31.4 Å². The number of aliphatic hydroxyl groups is 1. The van der Waals surface area contributed by atoms with E-state index in [2.05, 4.69) is 15.0 Å². The predicted molar refractivity (Wildman–Crippen MR) is 122 cm³/mol. The van der Waals surface area contributed by atoms with Crippen LogP contribution in [0.25, 0.3) is 11.3 Å². The summed E-state index contributed by atoms with van der Waals surface area (Å²) < 4.78 is 54.2. The summed E-state index contributed by atoms with van der Waals surface area (Å²) in [6, 6.07) is 11.7. The lowest BCUT2D eigenvalue weighted by Gasteiger charge is -2.36. The number of aromatic nitrogens is 3. The number of rotatable bonds is 9. The quantitative estimate of drug-likeness (QED) is 0.473. The molecule has 9 nitrogen and oxygen atoms in total. The van der Waals surface area contributed by atoms with E-state index in [0.717, 1.165) is 5.56 Å². The van der Waals surface area contributed by atoms with E-state index in [9.17, 15) is 17.9 Å². The fraction of sp³-hybridized carbons (Fsp3) is 0.391. The number of ether oxygens (including phenoxy) is 2. The van der Waals surface area contributed by atoms with Crippen LogP contribution in [0.2, 0.25) is 0 Å². The molecule has 1 saturated heterocycles. The number of benzene rings is 2. The lowest BCUT2D eigenvalue weighted by atomic mass is 9.98. The Labute approximate surface area is 197 Å². The van der Waals surface area contributed by atoms with Crippen molar-refractivity contribution in [1.82, 2.24) is 19.7 Å². The first-order valence-corrected chi connectivity index (χ1v) is 12.4. The second-order valence-electron chi connectivity index (χ2n) is 8.13. The lowest BCUT2D eigenvalue weighted by molar-refractivity contribution is -0.0891. The van der Waals surface area contributed by atoms with E-state index in [1.807, 2.05) is 0 Å². The van der Waals surface area contributed by atoms with Gasteiger partial charge in [0.2, 0.25) is 10.0 Å². The molecule has 34 heavy (non-hydrogen) atoms. The molecule has 2 N–H and O–H groups in total. The minimum Gasteiger partial charge on any atom is -0.497 e. The van der Waals surface area contributed by atoms with Gasteiger partial charge in [0.25, 0.3) is 0 Å². The Bertz CT molecular complexity index is 1200. The van der Waals surface area contributed by atoms with Crippen LogP contribution in [0.1, 0.15) is 19.3 Å². The minimum absolute atomic E-state index is 0.0915. The predicted octanol–water partition coefficient (Wildman–Crippen LogP) is 2.37. The number of aryl methyl sites for hydroxylation is 1. The van der Waals surface area contributed by atoms with Crippen LogP contribution in [0.4, 0.5) is 4.39 Å². The summed E-state index contributed by atoms with van der Waals surface area (Å²) in [6.07, 6.45) is 2.74. The molecule has 4 rings (SSSR count). The first-order chi connectivity index (χ1) is 16.4. The molecule has 11 heteroatoms. The van der Waals surface area contributed by atoms with Crippen molar-refractivity contribution in [2.75, 3.05) is 13.7 Å². The van der Waals surface area contributed by atoms with Crippen molar-refractivity contribution in [2.45, 2.75) is 49.0 Å². The molecule has 0 radical (unpaired) electrons. The Morgan fingerprint density at radius 2 is 2.03 bits per heavy atom. The van der Waals surface area contributed by atoms with Gasteiger partial charge in [-0.1, -0.05) is 11.3 Å². The average Bonchev–Trinajstić information content (AvgIpc) is 3.32. The number of sulfonamides is 1. The monoisotopic (exact) mass is 490 g/mol. The smallest absolute Gasteiger partial charge is 0.241 e. The molecule has 3 aromatic rings. The highest BCUT2D eigenvalue weighted by Gasteiger charge is 2.34. The molecule has 0 aliphatic carbocycles. The van der Waals surface area contributed by atoms with E-state index in [-0.39, 0.29) is 23.4 Å². The number of halogens is 1. The summed E-state index contributed by atoms with van der Waals surface area (Å²) in [7, 11) is -2.33. The highest BCUT2D eigenvalue weighted by atomic mass is 32.2. The number of aliphatic hydroxyl groups excluding tert-OH is 1. The third-order valence-electron chi connectivity index (χ3n) is 5.81. The Morgan fingerprint density at radius 1 is 1.24 bits per heavy atom. The lowest BCUT2D eigenvalue weighted by Crippen LogP contribution is -2.50. The summed E-state index contributed by atoms with van der Waals surface area (Å²) in [4.78, 5) is 0.0915. The first-order valence-electron chi connectivity index (χ1n) is 11.0. The van der Waals surface area contributed by atoms with E-state index in [1.54, 1.807) is 35.1 Å². The van der Waals surface area contributed by atoms with Gasteiger partial charge in [-0.25, -0.2) is 17.5 Å². The van der Waals surface area contributed by atoms with Gasteiger partial charge in [-0.15, -0.1) is 5.10 Å². The zero-order valence-corrected chi connectivity index (χ0v) is 19.5. The molecule has 3 atom stereocenters. The van der Waals surface area contributed by atoms with Gasteiger partial charge >= 0.3 is 0 Å². The summed E-state index contributed by atoms with van der Waals surface area (Å²) in [5.41, 5.74) is 1.41. The maximum absolute atomic E-state index is 13.1. The maximum atomic E-state index is 13.1. The molecule has 2 aromatic carbocycles. The van der Waals surface area contributed by atoms with Crippen LogP contribution < -0.4 is 9.46 Å². The van der Waals surface area contributed by atoms with Crippen LogP contribution in [0, 0.1) is 5.82 Å². The summed E-state index contributed by atoms with van der Waals surface area (Å²) in [6.45, 7) is 0.233. The van der Waals surface area contributed by atoms with Crippen molar-refractivity contribution in [3.05, 3.63) is 60.5 Å². The van der Waals surface area contributed by atoms with Crippen LogP contribution in [-0.4, -0.2) is 60.5 Å². The van der Waals surface area contributed by atoms with Gasteiger partial charge < -0.3 is 14.6 Å². The minimum atomic E-state index is -3.80. The molecule has 0 amide bonds. The molecule has 0 unspecified atom stereocenters. The molecule has 1 aliphatic rings. The standard InChI is InChI=1S/C23H27FN4O5S/c1-32-19-3-2-4-20(13-19)34(30,31)26-21-10-9-18(33-23(21)15-29)11-12-28-14-22(25-27-28)16-5-7-17(24)8-6-16/h2-8,13-14,18,21,23,26,29H,9-12,15H2,1H3/t18-,21-,23+/m1/s1. The van der Waals surface area contributed by atoms with Gasteiger partial charge in [0.1, 0.15) is 17.3 Å². The van der Waals surface area contributed by atoms with Crippen LogP contribution in [0.5, 0.6) is 5.75 Å². The topological polar surface area (TPSA) is 116 Å². The molecule has 0 spiro atoms. The number of hydrogen-bond acceptors (Lipinski definition) is 7.